The van der Waals surface area contributed by atoms with Crippen LogP contribution in [0.3, 0.4) is 0 Å². The van der Waals surface area contributed by atoms with E-state index < -0.39 is 0 Å². The van der Waals surface area contributed by atoms with Crippen molar-refractivity contribution in [3.63, 3.8) is 0 Å². The number of carbonyl (C=O) groups is 1. The minimum absolute atomic E-state index is 0.0106. The van der Waals surface area contributed by atoms with Crippen molar-refractivity contribution in [3.05, 3.63) is 28.2 Å². The van der Waals surface area contributed by atoms with E-state index >= 15 is 0 Å². The number of ether oxygens (including phenoxy) is 2. The zero-order valence-electron chi connectivity index (χ0n) is 11.6. The fourth-order valence-corrected chi connectivity index (χ4v) is 2.80. The zero-order chi connectivity index (χ0) is 14.5. The zero-order valence-corrected chi connectivity index (χ0v) is 13.2. The average molecular weight is 343 g/mol. The van der Waals surface area contributed by atoms with E-state index in [0.717, 1.165) is 22.3 Å². The summed E-state index contributed by atoms with van der Waals surface area (Å²) in [5.41, 5.74) is 1.02. The summed E-state index contributed by atoms with van der Waals surface area (Å²) in [5, 5.41) is 6.09. The predicted octanol–water partition coefficient (Wildman–Crippen LogP) is 1.45. The van der Waals surface area contributed by atoms with Gasteiger partial charge in [0.2, 0.25) is 5.91 Å². The molecule has 1 saturated heterocycles. The Bertz CT molecular complexity index is 481. The standard InChI is InChI=1S/C14H19BrN2O3/c1-19-10-6-12(16-8-10)14(18)17-7-9-3-4-13(20-2)11(15)5-9/h3-5,10,12,16H,6-8H2,1-2H3,(H,17,18)/t10-,12-/m0/s1. The summed E-state index contributed by atoms with van der Waals surface area (Å²) in [6, 6.07) is 5.59. The Morgan fingerprint density at radius 2 is 2.30 bits per heavy atom. The van der Waals surface area contributed by atoms with Crippen LogP contribution >= 0.6 is 15.9 Å². The third kappa shape index (κ3) is 3.71. The molecule has 0 aromatic heterocycles. The molecule has 0 aliphatic carbocycles. The second kappa shape index (κ2) is 7.06. The van der Waals surface area contributed by atoms with E-state index in [1.165, 1.54) is 0 Å². The Morgan fingerprint density at radius 3 is 2.90 bits per heavy atom. The first-order valence-electron chi connectivity index (χ1n) is 6.50. The average Bonchev–Trinajstić information content (AvgIpc) is 2.94. The Balaban J connectivity index is 1.86. The molecule has 6 heteroatoms. The second-order valence-corrected chi connectivity index (χ2v) is 5.60. The number of amides is 1. The molecular weight excluding hydrogens is 324 g/mol. The summed E-state index contributed by atoms with van der Waals surface area (Å²) in [6.07, 6.45) is 0.843. The molecule has 110 valence electrons. The van der Waals surface area contributed by atoms with E-state index in [9.17, 15) is 4.79 Å². The number of nitrogens with one attached hydrogen (secondary N) is 2. The topological polar surface area (TPSA) is 59.6 Å². The van der Waals surface area contributed by atoms with Crippen molar-refractivity contribution in [2.24, 2.45) is 0 Å². The number of carbonyl (C=O) groups excluding carboxylic acids is 1. The van der Waals surface area contributed by atoms with E-state index in [1.807, 2.05) is 18.2 Å². The van der Waals surface area contributed by atoms with Crippen LogP contribution in [-0.4, -0.2) is 38.8 Å². The van der Waals surface area contributed by atoms with Crippen molar-refractivity contribution in [2.45, 2.75) is 25.1 Å². The van der Waals surface area contributed by atoms with E-state index in [4.69, 9.17) is 9.47 Å². The molecule has 1 fully saturated rings. The minimum atomic E-state index is -0.165. The van der Waals surface area contributed by atoms with Crippen LogP contribution in [0.2, 0.25) is 0 Å². The molecule has 1 aliphatic rings. The molecule has 0 bridgehead atoms. The molecular formula is C14H19BrN2O3. The fraction of sp³-hybridized carbons (Fsp3) is 0.500. The molecule has 20 heavy (non-hydrogen) atoms. The van der Waals surface area contributed by atoms with E-state index in [2.05, 4.69) is 26.6 Å². The van der Waals surface area contributed by atoms with Gasteiger partial charge in [-0.3, -0.25) is 4.79 Å². The summed E-state index contributed by atoms with van der Waals surface area (Å²) >= 11 is 3.43. The molecule has 2 rings (SSSR count). The van der Waals surface area contributed by atoms with Crippen molar-refractivity contribution in [1.82, 2.24) is 10.6 Å². The highest BCUT2D eigenvalue weighted by Gasteiger charge is 2.28. The Kier molecular flexibility index (Phi) is 5.39. The van der Waals surface area contributed by atoms with Gasteiger partial charge in [0.05, 0.1) is 23.7 Å². The first kappa shape index (κ1) is 15.3. The van der Waals surface area contributed by atoms with Crippen LogP contribution in [0.4, 0.5) is 0 Å². The SMILES string of the molecule is COc1ccc(CNC(=O)[C@@H]2C[C@H](OC)CN2)cc1Br. The normalized spacial score (nSPS) is 21.8. The van der Waals surface area contributed by atoms with Crippen molar-refractivity contribution < 1.29 is 14.3 Å². The summed E-state index contributed by atoms with van der Waals surface area (Å²) in [6.45, 7) is 1.22. The highest BCUT2D eigenvalue weighted by atomic mass is 79.9. The van der Waals surface area contributed by atoms with Gasteiger partial charge in [-0.15, -0.1) is 0 Å². The molecule has 1 aromatic rings. The molecule has 0 spiro atoms. The van der Waals surface area contributed by atoms with Crippen LogP contribution in [0, 0.1) is 0 Å². The number of benzene rings is 1. The van der Waals surface area contributed by atoms with Crippen molar-refractivity contribution in [1.29, 1.82) is 0 Å². The minimum Gasteiger partial charge on any atom is -0.496 e. The van der Waals surface area contributed by atoms with Gasteiger partial charge in [-0.2, -0.15) is 0 Å². The van der Waals surface area contributed by atoms with Crippen LogP contribution in [-0.2, 0) is 16.1 Å². The first-order chi connectivity index (χ1) is 9.63. The lowest BCUT2D eigenvalue weighted by molar-refractivity contribution is -0.123. The number of hydrogen-bond acceptors (Lipinski definition) is 4. The summed E-state index contributed by atoms with van der Waals surface area (Å²) < 4.78 is 11.3. The molecule has 1 aromatic carbocycles. The molecule has 1 aliphatic heterocycles. The van der Waals surface area contributed by atoms with Crippen LogP contribution in [0.1, 0.15) is 12.0 Å². The molecule has 0 unspecified atom stereocenters. The third-order valence-electron chi connectivity index (χ3n) is 3.42. The van der Waals surface area contributed by atoms with Gasteiger partial charge in [-0.1, -0.05) is 6.07 Å². The number of methoxy groups -OCH3 is 2. The maximum atomic E-state index is 12.0. The molecule has 2 atom stereocenters. The second-order valence-electron chi connectivity index (χ2n) is 4.74. The van der Waals surface area contributed by atoms with Crippen molar-refractivity contribution in [2.75, 3.05) is 20.8 Å². The number of rotatable bonds is 5. The lowest BCUT2D eigenvalue weighted by atomic mass is 10.1. The summed E-state index contributed by atoms with van der Waals surface area (Å²) in [7, 11) is 3.29. The maximum Gasteiger partial charge on any atom is 0.237 e. The van der Waals surface area contributed by atoms with E-state index in [-0.39, 0.29) is 18.1 Å². The lowest BCUT2D eigenvalue weighted by Gasteiger charge is -2.12. The van der Waals surface area contributed by atoms with Crippen LogP contribution in [0.15, 0.2) is 22.7 Å². The molecule has 5 nitrogen and oxygen atoms in total. The third-order valence-corrected chi connectivity index (χ3v) is 4.04. The van der Waals surface area contributed by atoms with E-state index in [0.29, 0.717) is 13.0 Å². The highest BCUT2D eigenvalue weighted by molar-refractivity contribution is 9.10. The monoisotopic (exact) mass is 342 g/mol. The van der Waals surface area contributed by atoms with Gasteiger partial charge in [-0.05, 0) is 40.0 Å². The molecule has 2 N–H and O–H groups in total. The molecule has 0 radical (unpaired) electrons. The van der Waals surface area contributed by atoms with Crippen LogP contribution in [0.25, 0.3) is 0 Å². The molecule has 1 heterocycles. The van der Waals surface area contributed by atoms with Gasteiger partial charge in [0, 0.05) is 20.2 Å². The lowest BCUT2D eigenvalue weighted by Crippen LogP contribution is -2.40. The Labute approximate surface area is 127 Å². The molecule has 1 amide bonds. The number of hydrogen-bond donors (Lipinski definition) is 2. The Morgan fingerprint density at radius 1 is 1.50 bits per heavy atom. The molecule has 0 saturated carbocycles. The van der Waals surface area contributed by atoms with Gasteiger partial charge < -0.3 is 20.1 Å². The van der Waals surface area contributed by atoms with Gasteiger partial charge in [0.1, 0.15) is 5.75 Å². The largest absolute Gasteiger partial charge is 0.496 e. The van der Waals surface area contributed by atoms with Gasteiger partial charge in [-0.25, -0.2) is 0 Å². The summed E-state index contributed by atoms with van der Waals surface area (Å²) in [5.74, 6) is 0.789. The predicted molar refractivity (Wildman–Crippen MR) is 79.7 cm³/mol. The highest BCUT2D eigenvalue weighted by Crippen LogP contribution is 2.25. The van der Waals surface area contributed by atoms with E-state index in [1.54, 1.807) is 14.2 Å². The van der Waals surface area contributed by atoms with Gasteiger partial charge in [0.15, 0.2) is 0 Å². The van der Waals surface area contributed by atoms with Gasteiger partial charge in [0.25, 0.3) is 0 Å². The maximum absolute atomic E-state index is 12.0. The van der Waals surface area contributed by atoms with Crippen molar-refractivity contribution in [3.8, 4) is 5.75 Å². The fourth-order valence-electron chi connectivity index (χ4n) is 2.21. The Hall–Kier alpha value is -1.11. The smallest absolute Gasteiger partial charge is 0.237 e. The van der Waals surface area contributed by atoms with Crippen LogP contribution < -0.4 is 15.4 Å². The van der Waals surface area contributed by atoms with Crippen LogP contribution in [0.5, 0.6) is 5.75 Å². The first-order valence-corrected chi connectivity index (χ1v) is 7.29. The van der Waals surface area contributed by atoms with Gasteiger partial charge >= 0.3 is 0 Å². The summed E-state index contributed by atoms with van der Waals surface area (Å²) in [4.78, 5) is 12.0. The quantitative estimate of drug-likeness (QED) is 0.850. The van der Waals surface area contributed by atoms with Crippen molar-refractivity contribution >= 4 is 21.8 Å². The number of halogens is 1.